The molecule has 1 rings (SSSR count). The number of hydrogen-bond donors (Lipinski definition) is 1. The van der Waals surface area contributed by atoms with Crippen LogP contribution in [0.15, 0.2) is 30.3 Å². The van der Waals surface area contributed by atoms with Gasteiger partial charge in [-0.2, -0.15) is 11.8 Å². The summed E-state index contributed by atoms with van der Waals surface area (Å²) < 4.78 is 5.38. The third-order valence-electron chi connectivity index (χ3n) is 3.45. The first-order valence-electron chi connectivity index (χ1n) is 7.00. The van der Waals surface area contributed by atoms with Crippen LogP contribution in [0.2, 0.25) is 0 Å². The Bertz CT molecular complexity index is 404. The van der Waals surface area contributed by atoms with Crippen LogP contribution in [0.3, 0.4) is 0 Å². The predicted molar refractivity (Wildman–Crippen MR) is 86.0 cm³/mol. The second-order valence-electron chi connectivity index (χ2n) is 5.60. The van der Waals surface area contributed by atoms with E-state index in [1.807, 2.05) is 42.1 Å². The minimum Gasteiger partial charge on any atom is -0.445 e. The Morgan fingerprint density at radius 1 is 1.30 bits per heavy atom. The Morgan fingerprint density at radius 3 is 2.55 bits per heavy atom. The van der Waals surface area contributed by atoms with Crippen molar-refractivity contribution in [1.82, 2.24) is 5.32 Å². The van der Waals surface area contributed by atoms with Crippen LogP contribution in [-0.2, 0) is 11.3 Å². The highest BCUT2D eigenvalue weighted by Crippen LogP contribution is 2.31. The second-order valence-corrected chi connectivity index (χ2v) is 7.34. The number of carbonyl (C=O) groups excluding carboxylic acids is 1. The van der Waals surface area contributed by atoms with Crippen molar-refractivity contribution in [3.8, 4) is 0 Å². The molecule has 0 aliphatic rings. The summed E-state index contributed by atoms with van der Waals surface area (Å²) in [6, 6.07) is 9.68. The number of ether oxygens (including phenoxy) is 1. The smallest absolute Gasteiger partial charge is 0.407 e. The molecule has 3 nitrogen and oxygen atoms in total. The third-order valence-corrected chi connectivity index (χ3v) is 5.07. The number of thioether (sulfide) groups is 1. The van der Waals surface area contributed by atoms with Crippen molar-refractivity contribution in [1.29, 1.82) is 0 Å². The number of rotatable bonds is 7. The molecule has 0 spiro atoms. The summed E-state index contributed by atoms with van der Waals surface area (Å²) >= 11 is 1.87. The van der Waals surface area contributed by atoms with Crippen LogP contribution in [0.25, 0.3) is 0 Å². The van der Waals surface area contributed by atoms with E-state index in [1.165, 1.54) is 0 Å². The summed E-state index contributed by atoms with van der Waals surface area (Å²) in [5.41, 5.74) is 0.998. The molecular weight excluding hydrogens is 270 g/mol. The number of benzene rings is 1. The summed E-state index contributed by atoms with van der Waals surface area (Å²) in [6.07, 6.45) is -0.350. The van der Waals surface area contributed by atoms with Crippen molar-refractivity contribution in [2.75, 3.05) is 12.3 Å². The predicted octanol–water partition coefficient (Wildman–Crippen LogP) is 4.08. The zero-order chi connectivity index (χ0) is 15.0. The van der Waals surface area contributed by atoms with Crippen molar-refractivity contribution >= 4 is 17.9 Å². The molecule has 0 aliphatic carbocycles. The number of nitrogens with one attached hydrogen (secondary N) is 1. The molecule has 112 valence electrons. The lowest BCUT2D eigenvalue weighted by molar-refractivity contribution is 0.140. The SMILES string of the molecule is CC(C)C(C)(C)SCCNC(=O)OCc1ccccc1. The molecule has 0 saturated heterocycles. The normalized spacial score (nSPS) is 11.4. The first-order chi connectivity index (χ1) is 9.42. The average molecular weight is 295 g/mol. The Labute approximate surface area is 126 Å². The van der Waals surface area contributed by atoms with Crippen LogP contribution in [0.5, 0.6) is 0 Å². The van der Waals surface area contributed by atoms with Crippen molar-refractivity contribution in [3.05, 3.63) is 35.9 Å². The van der Waals surface area contributed by atoms with Crippen LogP contribution < -0.4 is 5.32 Å². The van der Waals surface area contributed by atoms with Crippen LogP contribution in [-0.4, -0.2) is 23.1 Å². The van der Waals surface area contributed by atoms with Crippen molar-refractivity contribution in [3.63, 3.8) is 0 Å². The minimum atomic E-state index is -0.350. The first kappa shape index (κ1) is 16.9. The van der Waals surface area contributed by atoms with Gasteiger partial charge < -0.3 is 10.1 Å². The topological polar surface area (TPSA) is 38.3 Å². The van der Waals surface area contributed by atoms with E-state index in [4.69, 9.17) is 4.74 Å². The van der Waals surface area contributed by atoms with Gasteiger partial charge in [-0.25, -0.2) is 4.79 Å². The molecule has 0 fully saturated rings. The second kappa shape index (κ2) is 8.20. The van der Waals surface area contributed by atoms with Gasteiger partial charge in [-0.1, -0.05) is 58.0 Å². The van der Waals surface area contributed by atoms with Gasteiger partial charge in [0.15, 0.2) is 0 Å². The molecular formula is C16H25NO2S. The molecule has 0 heterocycles. The van der Waals surface area contributed by atoms with E-state index in [1.54, 1.807) is 0 Å². The van der Waals surface area contributed by atoms with Crippen LogP contribution in [0, 0.1) is 5.92 Å². The molecule has 1 aromatic carbocycles. The molecule has 1 N–H and O–H groups in total. The van der Waals surface area contributed by atoms with Crippen molar-refractivity contribution < 1.29 is 9.53 Å². The lowest BCUT2D eigenvalue weighted by Crippen LogP contribution is -2.29. The van der Waals surface area contributed by atoms with E-state index in [2.05, 4.69) is 33.0 Å². The molecule has 0 aliphatic heterocycles. The fraction of sp³-hybridized carbons (Fsp3) is 0.562. The first-order valence-corrected chi connectivity index (χ1v) is 7.99. The van der Waals surface area contributed by atoms with Gasteiger partial charge >= 0.3 is 6.09 Å². The van der Waals surface area contributed by atoms with Crippen LogP contribution >= 0.6 is 11.8 Å². The summed E-state index contributed by atoms with van der Waals surface area (Å²) in [7, 11) is 0. The van der Waals surface area contributed by atoms with Crippen LogP contribution in [0.1, 0.15) is 33.3 Å². The number of amides is 1. The maximum Gasteiger partial charge on any atom is 0.407 e. The molecule has 4 heteroatoms. The van der Waals surface area contributed by atoms with Crippen LogP contribution in [0.4, 0.5) is 4.79 Å². The Balaban J connectivity index is 2.15. The molecule has 20 heavy (non-hydrogen) atoms. The number of alkyl carbamates (subject to hydrolysis) is 1. The lowest BCUT2D eigenvalue weighted by Gasteiger charge is -2.28. The Kier molecular flexibility index (Phi) is 6.93. The molecule has 1 amide bonds. The quantitative estimate of drug-likeness (QED) is 0.770. The molecule has 1 aromatic rings. The molecule has 0 bridgehead atoms. The van der Waals surface area contributed by atoms with Gasteiger partial charge in [-0.3, -0.25) is 0 Å². The largest absolute Gasteiger partial charge is 0.445 e. The van der Waals surface area contributed by atoms with E-state index in [-0.39, 0.29) is 10.8 Å². The summed E-state index contributed by atoms with van der Waals surface area (Å²) in [6.45, 7) is 9.85. The maximum absolute atomic E-state index is 11.5. The molecule has 0 saturated carbocycles. The third kappa shape index (κ3) is 6.33. The van der Waals surface area contributed by atoms with Gasteiger partial charge in [0.1, 0.15) is 6.61 Å². The van der Waals surface area contributed by atoms with E-state index in [0.29, 0.717) is 19.1 Å². The standard InChI is InChI=1S/C16H25NO2S/c1-13(2)16(3,4)20-11-10-17-15(18)19-12-14-8-6-5-7-9-14/h5-9,13H,10-12H2,1-4H3,(H,17,18). The summed E-state index contributed by atoms with van der Waals surface area (Å²) in [5, 5.41) is 2.78. The maximum atomic E-state index is 11.5. The number of carbonyl (C=O) groups is 1. The Hall–Kier alpha value is -1.16. The van der Waals surface area contributed by atoms with E-state index >= 15 is 0 Å². The van der Waals surface area contributed by atoms with Gasteiger partial charge in [0.25, 0.3) is 0 Å². The van der Waals surface area contributed by atoms with E-state index in [0.717, 1.165) is 11.3 Å². The molecule has 0 atom stereocenters. The van der Waals surface area contributed by atoms with Gasteiger partial charge in [0, 0.05) is 17.0 Å². The van der Waals surface area contributed by atoms with Gasteiger partial charge in [0.05, 0.1) is 0 Å². The molecule has 0 aromatic heterocycles. The monoisotopic (exact) mass is 295 g/mol. The fourth-order valence-corrected chi connectivity index (χ4v) is 2.47. The van der Waals surface area contributed by atoms with Crippen molar-refractivity contribution in [2.45, 2.75) is 39.0 Å². The highest BCUT2D eigenvalue weighted by molar-refractivity contribution is 8.00. The van der Waals surface area contributed by atoms with Gasteiger partial charge in [0.2, 0.25) is 0 Å². The lowest BCUT2D eigenvalue weighted by atomic mass is 10.00. The Morgan fingerprint density at radius 2 is 1.95 bits per heavy atom. The van der Waals surface area contributed by atoms with Gasteiger partial charge in [-0.15, -0.1) is 0 Å². The zero-order valence-corrected chi connectivity index (χ0v) is 13.6. The zero-order valence-electron chi connectivity index (χ0n) is 12.8. The highest BCUT2D eigenvalue weighted by Gasteiger charge is 2.22. The minimum absolute atomic E-state index is 0.232. The van der Waals surface area contributed by atoms with E-state index in [9.17, 15) is 4.79 Å². The summed E-state index contributed by atoms with van der Waals surface area (Å²) in [4.78, 5) is 11.5. The molecule has 0 unspecified atom stereocenters. The fourth-order valence-electron chi connectivity index (χ4n) is 1.41. The average Bonchev–Trinajstić information content (AvgIpc) is 2.42. The van der Waals surface area contributed by atoms with E-state index < -0.39 is 0 Å². The number of hydrogen-bond acceptors (Lipinski definition) is 3. The highest BCUT2D eigenvalue weighted by atomic mass is 32.2. The van der Waals surface area contributed by atoms with Gasteiger partial charge in [-0.05, 0) is 11.5 Å². The van der Waals surface area contributed by atoms with Crippen molar-refractivity contribution in [2.24, 2.45) is 5.92 Å². The molecule has 0 radical (unpaired) electrons. The summed E-state index contributed by atoms with van der Waals surface area (Å²) in [5.74, 6) is 1.50.